The van der Waals surface area contributed by atoms with Gasteiger partial charge in [-0.1, -0.05) is 17.7 Å². The highest BCUT2D eigenvalue weighted by Gasteiger charge is 2.26. The summed E-state index contributed by atoms with van der Waals surface area (Å²) in [5.41, 5.74) is 11.8. The van der Waals surface area contributed by atoms with E-state index < -0.39 is 0 Å². The molecule has 1 amide bonds. The maximum atomic E-state index is 13.1. The normalized spacial score (nSPS) is 12.6. The maximum Gasteiger partial charge on any atom is 0.276 e. The topological polar surface area (TPSA) is 82.2 Å². The number of hydrogen-bond donors (Lipinski definition) is 2. The fourth-order valence-corrected chi connectivity index (χ4v) is 3.63. The second-order valence-corrected chi connectivity index (χ2v) is 7.14. The third-order valence-electron chi connectivity index (χ3n) is 5.18. The number of nitrogen functional groups attached to an aromatic ring is 1. The number of methoxy groups -OCH3 is 1. The minimum absolute atomic E-state index is 0. The molecule has 0 atom stereocenters. The van der Waals surface area contributed by atoms with Gasteiger partial charge in [-0.05, 0) is 56.9 Å². The molecular formula is C22H25ClN4O2. The van der Waals surface area contributed by atoms with Crippen LogP contribution in [0.15, 0.2) is 42.5 Å². The van der Waals surface area contributed by atoms with Crippen LogP contribution in [0.25, 0.3) is 5.69 Å². The number of carbonyl (C=O) groups is 1. The molecule has 3 aromatic rings. The molecule has 1 aliphatic rings. The summed E-state index contributed by atoms with van der Waals surface area (Å²) in [6.45, 7) is 2.06. The largest absolute Gasteiger partial charge is 0.497 e. The number of carbonyl (C=O) groups excluding carboxylic acids is 1. The number of nitrogens with one attached hydrogen (secondary N) is 1. The number of ether oxygens (including phenoxy) is 1. The summed E-state index contributed by atoms with van der Waals surface area (Å²) in [5, 5.41) is 7.60. The lowest BCUT2D eigenvalue weighted by molar-refractivity contribution is 0.102. The summed E-state index contributed by atoms with van der Waals surface area (Å²) in [6.07, 6.45) is 3.95. The molecule has 0 unspecified atom stereocenters. The van der Waals surface area contributed by atoms with Gasteiger partial charge < -0.3 is 15.8 Å². The van der Waals surface area contributed by atoms with E-state index in [1.165, 1.54) is 5.56 Å². The molecule has 3 N–H and O–H groups in total. The van der Waals surface area contributed by atoms with Crippen molar-refractivity contribution in [1.29, 1.82) is 0 Å². The van der Waals surface area contributed by atoms with E-state index in [0.717, 1.165) is 42.6 Å². The van der Waals surface area contributed by atoms with Gasteiger partial charge in [-0.3, -0.25) is 4.79 Å². The quantitative estimate of drug-likeness (QED) is 0.625. The zero-order valence-electron chi connectivity index (χ0n) is 16.6. The van der Waals surface area contributed by atoms with Crippen LogP contribution in [-0.2, 0) is 12.8 Å². The zero-order valence-corrected chi connectivity index (χ0v) is 17.4. The lowest BCUT2D eigenvalue weighted by Gasteiger charge is -2.14. The Morgan fingerprint density at radius 2 is 1.86 bits per heavy atom. The Kier molecular flexibility index (Phi) is 6.13. The second kappa shape index (κ2) is 8.57. The first-order valence-corrected chi connectivity index (χ1v) is 9.49. The molecule has 0 fully saturated rings. The Bertz CT molecular complexity index is 1030. The van der Waals surface area contributed by atoms with E-state index >= 15 is 0 Å². The maximum absolute atomic E-state index is 13.1. The van der Waals surface area contributed by atoms with Crippen molar-refractivity contribution >= 4 is 29.7 Å². The van der Waals surface area contributed by atoms with Gasteiger partial charge >= 0.3 is 0 Å². The molecule has 0 radical (unpaired) electrons. The number of anilines is 2. The van der Waals surface area contributed by atoms with Crippen LogP contribution >= 0.6 is 12.4 Å². The zero-order chi connectivity index (χ0) is 19.7. The summed E-state index contributed by atoms with van der Waals surface area (Å²) in [4.78, 5) is 13.1. The average Bonchev–Trinajstić information content (AvgIpc) is 3.10. The summed E-state index contributed by atoms with van der Waals surface area (Å²) in [5.74, 6) is 0.390. The molecule has 0 spiro atoms. The standard InChI is InChI=1S/C22H24N4O2.ClH/c1-14-7-9-15(10-8-14)26-20-6-4-3-5-17(20)21(25-26)22(27)24-19-13-16(28-2)11-12-18(19)23;/h7-13H,3-6,23H2,1-2H3,(H,24,27);1H. The van der Waals surface area contributed by atoms with Gasteiger partial charge in [0, 0.05) is 17.3 Å². The number of benzene rings is 2. The molecule has 4 rings (SSSR count). The van der Waals surface area contributed by atoms with Crippen LogP contribution < -0.4 is 15.8 Å². The second-order valence-electron chi connectivity index (χ2n) is 7.14. The number of halogens is 1. The molecule has 2 aromatic carbocycles. The molecule has 1 aromatic heterocycles. The smallest absolute Gasteiger partial charge is 0.276 e. The fraction of sp³-hybridized carbons (Fsp3) is 0.273. The fourth-order valence-electron chi connectivity index (χ4n) is 3.63. The lowest BCUT2D eigenvalue weighted by Crippen LogP contribution is -2.16. The molecule has 0 saturated carbocycles. The molecule has 152 valence electrons. The number of amides is 1. The van der Waals surface area contributed by atoms with E-state index in [4.69, 9.17) is 15.6 Å². The van der Waals surface area contributed by atoms with Crippen molar-refractivity contribution in [1.82, 2.24) is 9.78 Å². The summed E-state index contributed by atoms with van der Waals surface area (Å²) in [6, 6.07) is 13.4. The minimum Gasteiger partial charge on any atom is -0.497 e. The van der Waals surface area contributed by atoms with E-state index in [1.54, 1.807) is 25.3 Å². The first kappa shape index (κ1) is 20.7. The highest BCUT2D eigenvalue weighted by atomic mass is 35.5. The van der Waals surface area contributed by atoms with Gasteiger partial charge in [-0.15, -0.1) is 12.4 Å². The Balaban J connectivity index is 0.00000240. The molecular weight excluding hydrogens is 388 g/mol. The van der Waals surface area contributed by atoms with Crippen molar-refractivity contribution in [3.8, 4) is 11.4 Å². The predicted octanol–water partition coefficient (Wildman–Crippen LogP) is 4.32. The van der Waals surface area contributed by atoms with E-state index in [-0.39, 0.29) is 18.3 Å². The summed E-state index contributed by atoms with van der Waals surface area (Å²) >= 11 is 0. The molecule has 7 heteroatoms. The van der Waals surface area contributed by atoms with Crippen molar-refractivity contribution in [2.24, 2.45) is 0 Å². The van der Waals surface area contributed by atoms with Crippen LogP contribution in [0.5, 0.6) is 5.75 Å². The first-order valence-electron chi connectivity index (χ1n) is 9.49. The van der Waals surface area contributed by atoms with Crippen molar-refractivity contribution in [2.75, 3.05) is 18.2 Å². The van der Waals surface area contributed by atoms with Gasteiger partial charge in [0.1, 0.15) is 5.75 Å². The number of fused-ring (bicyclic) bond motifs is 1. The van der Waals surface area contributed by atoms with Gasteiger partial charge in [0.05, 0.1) is 24.2 Å². The number of hydrogen-bond acceptors (Lipinski definition) is 4. The van der Waals surface area contributed by atoms with Crippen LogP contribution in [0.2, 0.25) is 0 Å². The van der Waals surface area contributed by atoms with Crippen molar-refractivity contribution < 1.29 is 9.53 Å². The van der Waals surface area contributed by atoms with Gasteiger partial charge in [0.2, 0.25) is 0 Å². The molecule has 29 heavy (non-hydrogen) atoms. The third kappa shape index (κ3) is 4.07. The SMILES string of the molecule is COc1ccc(N)c(NC(=O)c2nn(-c3ccc(C)cc3)c3c2CCCC3)c1.Cl. The van der Waals surface area contributed by atoms with Crippen molar-refractivity contribution in [3.05, 3.63) is 65.0 Å². The van der Waals surface area contributed by atoms with E-state index in [2.05, 4.69) is 24.4 Å². The molecule has 0 aliphatic heterocycles. The van der Waals surface area contributed by atoms with Crippen molar-refractivity contribution in [3.63, 3.8) is 0 Å². The Labute approximate surface area is 176 Å². The number of nitrogens with zero attached hydrogens (tertiary/aromatic N) is 2. The molecule has 6 nitrogen and oxygen atoms in total. The molecule has 1 aliphatic carbocycles. The average molecular weight is 413 g/mol. The third-order valence-corrected chi connectivity index (χ3v) is 5.18. The Morgan fingerprint density at radius 3 is 2.59 bits per heavy atom. The first-order chi connectivity index (χ1) is 13.6. The van der Waals surface area contributed by atoms with E-state index in [0.29, 0.717) is 22.8 Å². The van der Waals surface area contributed by atoms with Gasteiger partial charge in [0.15, 0.2) is 5.69 Å². The highest BCUT2D eigenvalue weighted by molar-refractivity contribution is 6.05. The van der Waals surface area contributed by atoms with Gasteiger partial charge in [-0.25, -0.2) is 4.68 Å². The summed E-state index contributed by atoms with van der Waals surface area (Å²) in [7, 11) is 1.58. The number of aryl methyl sites for hydroxylation is 1. The van der Waals surface area contributed by atoms with Crippen LogP contribution in [-0.4, -0.2) is 22.8 Å². The number of nitrogens with two attached hydrogens (primary N) is 1. The van der Waals surface area contributed by atoms with Gasteiger partial charge in [0.25, 0.3) is 5.91 Å². The number of aromatic nitrogens is 2. The lowest BCUT2D eigenvalue weighted by atomic mass is 9.95. The van der Waals surface area contributed by atoms with Crippen LogP contribution in [0.1, 0.15) is 40.2 Å². The minimum atomic E-state index is -0.246. The van der Waals surface area contributed by atoms with E-state index in [1.807, 2.05) is 16.8 Å². The van der Waals surface area contributed by atoms with Crippen LogP contribution in [0, 0.1) is 6.92 Å². The van der Waals surface area contributed by atoms with E-state index in [9.17, 15) is 4.79 Å². The summed E-state index contributed by atoms with van der Waals surface area (Å²) < 4.78 is 7.15. The highest BCUT2D eigenvalue weighted by Crippen LogP contribution is 2.29. The van der Waals surface area contributed by atoms with Crippen LogP contribution in [0.3, 0.4) is 0 Å². The predicted molar refractivity (Wildman–Crippen MR) is 118 cm³/mol. The monoisotopic (exact) mass is 412 g/mol. The number of rotatable bonds is 4. The Morgan fingerprint density at radius 1 is 1.14 bits per heavy atom. The molecule has 0 bridgehead atoms. The Hall–Kier alpha value is -2.99. The van der Waals surface area contributed by atoms with Gasteiger partial charge in [-0.2, -0.15) is 5.10 Å². The van der Waals surface area contributed by atoms with Crippen LogP contribution in [0.4, 0.5) is 11.4 Å². The molecule has 0 saturated heterocycles. The molecule has 1 heterocycles. The van der Waals surface area contributed by atoms with Crippen molar-refractivity contribution in [2.45, 2.75) is 32.6 Å².